The van der Waals surface area contributed by atoms with Crippen molar-refractivity contribution in [1.29, 1.82) is 0 Å². The fourth-order valence-electron chi connectivity index (χ4n) is 0.258. The van der Waals surface area contributed by atoms with Crippen molar-refractivity contribution in [3.05, 3.63) is 0 Å². The molecule has 0 heterocycles. The summed E-state index contributed by atoms with van der Waals surface area (Å²) in [5.41, 5.74) is 6.71. The number of hydrogen-bond donors (Lipinski definition) is 6. The van der Waals surface area contributed by atoms with Gasteiger partial charge in [0.2, 0.25) is 0 Å². The van der Waals surface area contributed by atoms with Crippen molar-refractivity contribution in [2.45, 2.75) is 12.2 Å². The average Bonchev–Trinajstić information content (AvgIpc) is 2.37. The molecule has 18 heavy (non-hydrogen) atoms. The summed E-state index contributed by atoms with van der Waals surface area (Å²) >= 11 is 0. The Bertz CT molecular complexity index is 187. The smallest absolute Gasteiger partial charge is 0.124 e. The van der Waals surface area contributed by atoms with Crippen molar-refractivity contribution in [3.63, 3.8) is 0 Å². The molecular formula is C8H20N2O8. The fraction of sp³-hybridized carbons (Fsp3) is 0.750. The molecule has 0 aromatic carbocycles. The monoisotopic (exact) mass is 272 g/mol. The van der Waals surface area contributed by atoms with E-state index in [9.17, 15) is 19.8 Å². The number of carboxylic acids is 2. The number of hydrogen-bond acceptors (Lipinski definition) is 8. The summed E-state index contributed by atoms with van der Waals surface area (Å²) in [5.74, 6) is -4.12. The van der Waals surface area contributed by atoms with Crippen LogP contribution in [0.4, 0.5) is 0 Å². The zero-order valence-corrected chi connectivity index (χ0v) is 9.82. The van der Waals surface area contributed by atoms with Gasteiger partial charge in [0.1, 0.15) is 12.2 Å². The van der Waals surface area contributed by atoms with Crippen molar-refractivity contribution in [2.75, 3.05) is 26.3 Å². The van der Waals surface area contributed by atoms with E-state index in [-0.39, 0.29) is 13.2 Å². The fourth-order valence-corrected chi connectivity index (χ4v) is 0.258. The van der Waals surface area contributed by atoms with Crippen LogP contribution in [0.1, 0.15) is 0 Å². The first kappa shape index (κ1) is 21.9. The Labute approximate surface area is 103 Å². The summed E-state index contributed by atoms with van der Waals surface area (Å²) in [6, 6.07) is 0. The Morgan fingerprint density at radius 3 is 1.11 bits per heavy atom. The minimum atomic E-state index is -2.44. The van der Waals surface area contributed by atoms with E-state index in [1.807, 2.05) is 0 Å². The van der Waals surface area contributed by atoms with E-state index in [4.69, 9.17) is 20.4 Å². The summed E-state index contributed by atoms with van der Waals surface area (Å²) < 4.78 is 0. The third-order valence-corrected chi connectivity index (χ3v) is 1.10. The van der Waals surface area contributed by atoms with Gasteiger partial charge in [-0.3, -0.25) is 0 Å². The third kappa shape index (κ3) is 17.1. The van der Waals surface area contributed by atoms with Crippen LogP contribution >= 0.6 is 0 Å². The minimum Gasteiger partial charge on any atom is -0.547 e. The van der Waals surface area contributed by atoms with Gasteiger partial charge in [0.15, 0.2) is 0 Å². The maximum Gasteiger partial charge on any atom is 0.124 e. The highest BCUT2D eigenvalue weighted by Gasteiger charge is 2.17. The Morgan fingerprint density at radius 1 is 0.889 bits per heavy atom. The first-order valence-electron chi connectivity index (χ1n) is 4.88. The molecular weight excluding hydrogens is 252 g/mol. The van der Waals surface area contributed by atoms with Gasteiger partial charge < -0.3 is 51.7 Å². The summed E-state index contributed by atoms with van der Waals surface area (Å²) in [6.45, 7) is 1.67. The minimum absolute atomic E-state index is 0.208. The van der Waals surface area contributed by atoms with Crippen molar-refractivity contribution >= 4 is 11.9 Å². The number of carbonyl (C=O) groups is 2. The average molecular weight is 272 g/mol. The zero-order chi connectivity index (χ0) is 15.1. The van der Waals surface area contributed by atoms with Crippen molar-refractivity contribution < 1.29 is 51.7 Å². The van der Waals surface area contributed by atoms with Crippen molar-refractivity contribution in [2.24, 2.45) is 0 Å². The van der Waals surface area contributed by atoms with Crippen LogP contribution in [-0.2, 0) is 9.59 Å². The molecule has 0 aliphatic heterocycles. The van der Waals surface area contributed by atoms with Crippen LogP contribution in [0.5, 0.6) is 0 Å². The number of carboxylic acid groups (broad SMARTS) is 2. The lowest BCUT2D eigenvalue weighted by Gasteiger charge is -2.18. The quantitative estimate of drug-likeness (QED) is 0.281. The van der Waals surface area contributed by atoms with Gasteiger partial charge in [-0.1, -0.05) is 0 Å². The lowest BCUT2D eigenvalue weighted by Crippen LogP contribution is -2.51. The van der Waals surface area contributed by atoms with Crippen LogP contribution in [0.3, 0.4) is 0 Å². The van der Waals surface area contributed by atoms with Crippen LogP contribution in [-0.4, -0.2) is 70.9 Å². The topological polar surface area (TPSA) is 216 Å². The maximum atomic E-state index is 9.63. The molecule has 0 saturated carbocycles. The zero-order valence-electron chi connectivity index (χ0n) is 9.82. The molecule has 10 heteroatoms. The second-order valence-corrected chi connectivity index (χ2v) is 2.68. The highest BCUT2D eigenvalue weighted by molar-refractivity contribution is 5.80. The van der Waals surface area contributed by atoms with E-state index in [0.29, 0.717) is 13.1 Å². The van der Waals surface area contributed by atoms with Gasteiger partial charge in [0.05, 0.1) is 38.2 Å². The molecule has 0 rings (SSSR count). The van der Waals surface area contributed by atoms with Gasteiger partial charge in [-0.2, -0.15) is 0 Å². The Kier molecular flexibility index (Phi) is 19.1. The number of aliphatic hydroxyl groups excluding tert-OH is 4. The summed E-state index contributed by atoms with van der Waals surface area (Å²) in [5, 5.41) is 51.4. The predicted octanol–water partition coefficient (Wildman–Crippen LogP) is -8.35. The summed E-state index contributed by atoms with van der Waals surface area (Å²) in [7, 11) is 0. The van der Waals surface area contributed by atoms with Gasteiger partial charge in [-0.15, -0.1) is 0 Å². The molecule has 0 fully saturated rings. The number of aliphatic carboxylic acids is 2. The molecule has 0 saturated heterocycles. The molecule has 0 aliphatic rings. The van der Waals surface area contributed by atoms with E-state index in [1.165, 1.54) is 0 Å². The normalized spacial score (nSPS) is 12.1. The van der Waals surface area contributed by atoms with Gasteiger partial charge in [0.25, 0.3) is 0 Å². The molecule has 10 N–H and O–H groups in total. The Hall–Kier alpha value is -1.30. The van der Waals surface area contributed by atoms with Gasteiger partial charge in [0, 0.05) is 0 Å². The number of quaternary nitrogens is 2. The second-order valence-electron chi connectivity index (χ2n) is 2.68. The van der Waals surface area contributed by atoms with Gasteiger partial charge >= 0.3 is 0 Å². The van der Waals surface area contributed by atoms with Crippen LogP contribution in [0.25, 0.3) is 0 Å². The summed E-state index contributed by atoms with van der Waals surface area (Å²) in [4.78, 5) is 19.3. The van der Waals surface area contributed by atoms with E-state index in [2.05, 4.69) is 11.5 Å². The van der Waals surface area contributed by atoms with E-state index in [0.717, 1.165) is 0 Å². The molecule has 0 aromatic rings. The first-order valence-corrected chi connectivity index (χ1v) is 4.88. The number of aliphatic hydroxyl groups is 4. The van der Waals surface area contributed by atoms with Gasteiger partial charge in [-0.25, -0.2) is 0 Å². The largest absolute Gasteiger partial charge is 0.547 e. The Morgan fingerprint density at radius 2 is 1.06 bits per heavy atom. The third-order valence-electron chi connectivity index (χ3n) is 1.10. The van der Waals surface area contributed by atoms with E-state index in [1.54, 1.807) is 0 Å². The van der Waals surface area contributed by atoms with Crippen LogP contribution < -0.4 is 21.7 Å². The first-order chi connectivity index (χ1) is 8.29. The van der Waals surface area contributed by atoms with Crippen LogP contribution in [0.15, 0.2) is 0 Å². The van der Waals surface area contributed by atoms with E-state index >= 15 is 0 Å². The number of carbonyl (C=O) groups excluding carboxylic acids is 2. The molecule has 10 nitrogen and oxygen atoms in total. The molecule has 0 bridgehead atoms. The molecule has 2 atom stereocenters. The van der Waals surface area contributed by atoms with Crippen LogP contribution in [0, 0.1) is 0 Å². The summed E-state index contributed by atoms with van der Waals surface area (Å²) in [6.07, 6.45) is -4.88. The molecule has 0 radical (unpaired) electrons. The highest BCUT2D eigenvalue weighted by Crippen LogP contribution is 1.88. The second kappa shape index (κ2) is 15.7. The lowest BCUT2D eigenvalue weighted by atomic mass is 10.2. The predicted molar refractivity (Wildman–Crippen MR) is 51.7 cm³/mol. The lowest BCUT2D eigenvalue weighted by molar-refractivity contribution is -0.372. The molecule has 0 unspecified atom stereocenters. The molecule has 0 spiro atoms. The van der Waals surface area contributed by atoms with Crippen molar-refractivity contribution in [3.8, 4) is 0 Å². The molecule has 0 aliphatic carbocycles. The maximum absolute atomic E-state index is 9.63. The standard InChI is InChI=1S/C4H6O6.2C2H7NO/c5-1(3(7)8)2(6)4(9)10;2*3-1-2-4/h1-2,5-6H,(H,7,8)(H,9,10);2*4H,1-3H2/t1-,2-;;/m1../s1. The van der Waals surface area contributed by atoms with E-state index < -0.39 is 24.1 Å². The number of rotatable bonds is 5. The SMILES string of the molecule is O=C([O-])[C@H](O)[C@@H](O)C(=O)[O-].[NH3+]CCO.[NH3+]CCO. The Balaban J connectivity index is -0.000000233. The van der Waals surface area contributed by atoms with Crippen LogP contribution in [0.2, 0.25) is 0 Å². The van der Waals surface area contributed by atoms with Gasteiger partial charge in [-0.05, 0) is 0 Å². The highest BCUT2D eigenvalue weighted by atomic mass is 16.4. The molecule has 110 valence electrons. The molecule has 0 amide bonds. The molecule has 0 aromatic heterocycles. The van der Waals surface area contributed by atoms with Crippen molar-refractivity contribution in [1.82, 2.24) is 0 Å².